The zero-order valence-electron chi connectivity index (χ0n) is 14.2. The molecule has 10 heteroatoms. The summed E-state index contributed by atoms with van der Waals surface area (Å²) in [6, 6.07) is 7.52. The van der Waals surface area contributed by atoms with Crippen molar-refractivity contribution in [3.63, 3.8) is 0 Å². The number of nitrogens with zero attached hydrogens (tertiary/aromatic N) is 3. The fourth-order valence-corrected chi connectivity index (χ4v) is 2.43. The SMILES string of the molecule is Nc1nc(-c2cccc(F)c2)ncc1C(=O)NCc1ncccc1C(F)(F)F. The fourth-order valence-electron chi connectivity index (χ4n) is 2.43. The normalized spacial score (nSPS) is 11.3. The number of nitrogens with two attached hydrogens (primary N) is 1. The average molecular weight is 391 g/mol. The molecule has 0 saturated carbocycles. The number of pyridine rings is 1. The minimum atomic E-state index is -4.59. The molecule has 0 unspecified atom stereocenters. The van der Waals surface area contributed by atoms with E-state index in [1.54, 1.807) is 6.07 Å². The molecule has 6 nitrogen and oxygen atoms in total. The minimum Gasteiger partial charge on any atom is -0.383 e. The van der Waals surface area contributed by atoms with Crippen molar-refractivity contribution < 1.29 is 22.4 Å². The van der Waals surface area contributed by atoms with Gasteiger partial charge in [0.25, 0.3) is 5.91 Å². The summed E-state index contributed by atoms with van der Waals surface area (Å²) in [6.45, 7) is -0.459. The van der Waals surface area contributed by atoms with Crippen LogP contribution in [0.4, 0.5) is 23.4 Å². The van der Waals surface area contributed by atoms with E-state index in [-0.39, 0.29) is 22.9 Å². The van der Waals surface area contributed by atoms with Crippen LogP contribution >= 0.6 is 0 Å². The predicted octanol–water partition coefficient (Wildman–Crippen LogP) is 3.21. The number of benzene rings is 1. The van der Waals surface area contributed by atoms with Crippen LogP contribution in [0.3, 0.4) is 0 Å². The summed E-state index contributed by atoms with van der Waals surface area (Å²) >= 11 is 0. The molecule has 0 aliphatic carbocycles. The molecular formula is C18H13F4N5O. The molecule has 28 heavy (non-hydrogen) atoms. The second kappa shape index (κ2) is 7.59. The van der Waals surface area contributed by atoms with Crippen molar-refractivity contribution in [3.05, 3.63) is 71.4 Å². The first-order valence-corrected chi connectivity index (χ1v) is 7.93. The smallest absolute Gasteiger partial charge is 0.383 e. The maximum absolute atomic E-state index is 13.3. The van der Waals surface area contributed by atoms with Crippen molar-refractivity contribution in [2.75, 3.05) is 5.73 Å². The quantitative estimate of drug-likeness (QED) is 0.666. The topological polar surface area (TPSA) is 93.8 Å². The number of anilines is 1. The molecule has 0 spiro atoms. The van der Waals surface area contributed by atoms with Crippen molar-refractivity contribution in [2.24, 2.45) is 0 Å². The lowest BCUT2D eigenvalue weighted by atomic mass is 10.1. The van der Waals surface area contributed by atoms with Crippen LogP contribution in [0.1, 0.15) is 21.6 Å². The van der Waals surface area contributed by atoms with Gasteiger partial charge in [-0.3, -0.25) is 9.78 Å². The van der Waals surface area contributed by atoms with Gasteiger partial charge in [0.2, 0.25) is 0 Å². The van der Waals surface area contributed by atoms with Gasteiger partial charge in [0.15, 0.2) is 5.82 Å². The number of nitrogen functional groups attached to an aromatic ring is 1. The molecule has 0 bridgehead atoms. The average Bonchev–Trinajstić information content (AvgIpc) is 2.65. The Hall–Kier alpha value is -3.56. The summed E-state index contributed by atoms with van der Waals surface area (Å²) in [7, 11) is 0. The summed E-state index contributed by atoms with van der Waals surface area (Å²) in [4.78, 5) is 23.9. The Morgan fingerprint density at radius 1 is 1.14 bits per heavy atom. The molecule has 1 amide bonds. The number of amides is 1. The van der Waals surface area contributed by atoms with Gasteiger partial charge in [0.1, 0.15) is 11.6 Å². The van der Waals surface area contributed by atoms with E-state index in [0.717, 1.165) is 18.3 Å². The van der Waals surface area contributed by atoms with Gasteiger partial charge in [-0.2, -0.15) is 13.2 Å². The van der Waals surface area contributed by atoms with Gasteiger partial charge >= 0.3 is 6.18 Å². The second-order valence-electron chi connectivity index (χ2n) is 5.68. The van der Waals surface area contributed by atoms with Crippen LogP contribution in [-0.2, 0) is 12.7 Å². The van der Waals surface area contributed by atoms with Gasteiger partial charge < -0.3 is 11.1 Å². The van der Waals surface area contributed by atoms with Crippen LogP contribution in [0, 0.1) is 5.82 Å². The molecule has 0 atom stereocenters. The molecular weight excluding hydrogens is 378 g/mol. The van der Waals surface area contributed by atoms with E-state index in [4.69, 9.17) is 5.73 Å². The first-order valence-electron chi connectivity index (χ1n) is 7.93. The van der Waals surface area contributed by atoms with E-state index in [9.17, 15) is 22.4 Å². The third-order valence-corrected chi connectivity index (χ3v) is 3.76. The highest BCUT2D eigenvalue weighted by Gasteiger charge is 2.33. The van der Waals surface area contributed by atoms with Crippen molar-refractivity contribution in [2.45, 2.75) is 12.7 Å². The number of carbonyl (C=O) groups is 1. The van der Waals surface area contributed by atoms with Gasteiger partial charge in [-0.05, 0) is 24.3 Å². The maximum Gasteiger partial charge on any atom is 0.418 e. The Balaban J connectivity index is 1.77. The van der Waals surface area contributed by atoms with E-state index in [1.165, 1.54) is 24.4 Å². The predicted molar refractivity (Wildman–Crippen MR) is 92.2 cm³/mol. The van der Waals surface area contributed by atoms with Crippen LogP contribution < -0.4 is 11.1 Å². The lowest BCUT2D eigenvalue weighted by Gasteiger charge is -2.12. The number of aromatic nitrogens is 3. The van der Waals surface area contributed by atoms with E-state index in [1.807, 2.05) is 0 Å². The molecule has 144 valence electrons. The monoisotopic (exact) mass is 391 g/mol. The maximum atomic E-state index is 13.3. The van der Waals surface area contributed by atoms with Gasteiger partial charge in [-0.1, -0.05) is 12.1 Å². The molecule has 0 aliphatic heterocycles. The van der Waals surface area contributed by atoms with Gasteiger partial charge in [0.05, 0.1) is 23.4 Å². The van der Waals surface area contributed by atoms with Crippen molar-refractivity contribution in [3.8, 4) is 11.4 Å². The van der Waals surface area contributed by atoms with Crippen molar-refractivity contribution >= 4 is 11.7 Å². The standard InChI is InChI=1S/C18H13F4N5O/c19-11-4-1-3-10(7-11)16-25-8-12(15(23)27-16)17(28)26-9-14-13(18(20,21)22)5-2-6-24-14/h1-8H,9H2,(H,26,28)(H2,23,25,27). The Kier molecular flexibility index (Phi) is 5.21. The van der Waals surface area contributed by atoms with Gasteiger partial charge in [-0.15, -0.1) is 0 Å². The molecule has 0 fully saturated rings. The third kappa shape index (κ3) is 4.22. The first kappa shape index (κ1) is 19.2. The number of halogens is 4. The summed E-state index contributed by atoms with van der Waals surface area (Å²) in [6.07, 6.45) is -2.27. The van der Waals surface area contributed by atoms with E-state index >= 15 is 0 Å². The Bertz CT molecular complexity index is 1020. The lowest BCUT2D eigenvalue weighted by molar-refractivity contribution is -0.138. The molecule has 3 rings (SSSR count). The van der Waals surface area contributed by atoms with Crippen LogP contribution in [0.5, 0.6) is 0 Å². The molecule has 2 heterocycles. The van der Waals surface area contributed by atoms with Crippen molar-refractivity contribution in [1.82, 2.24) is 20.3 Å². The van der Waals surface area contributed by atoms with Crippen molar-refractivity contribution in [1.29, 1.82) is 0 Å². The van der Waals surface area contributed by atoms with E-state index in [0.29, 0.717) is 5.56 Å². The zero-order valence-corrected chi connectivity index (χ0v) is 14.2. The Labute approximate surface area is 156 Å². The van der Waals surface area contributed by atoms with Gasteiger partial charge in [0, 0.05) is 18.0 Å². The van der Waals surface area contributed by atoms with E-state index in [2.05, 4.69) is 20.3 Å². The van der Waals surface area contributed by atoms with Crippen LogP contribution in [0.15, 0.2) is 48.8 Å². The largest absolute Gasteiger partial charge is 0.418 e. The van der Waals surface area contributed by atoms with Crippen LogP contribution in [0.25, 0.3) is 11.4 Å². The number of carbonyl (C=O) groups excluding carboxylic acids is 1. The molecule has 3 N–H and O–H groups in total. The Morgan fingerprint density at radius 2 is 1.93 bits per heavy atom. The Morgan fingerprint density at radius 3 is 2.61 bits per heavy atom. The number of alkyl halides is 3. The van der Waals surface area contributed by atoms with Crippen LogP contribution in [0.2, 0.25) is 0 Å². The summed E-state index contributed by atoms with van der Waals surface area (Å²) < 4.78 is 52.2. The summed E-state index contributed by atoms with van der Waals surface area (Å²) in [5, 5.41) is 2.32. The zero-order chi connectivity index (χ0) is 20.3. The first-order chi connectivity index (χ1) is 13.3. The molecule has 1 aromatic carbocycles. The highest BCUT2D eigenvalue weighted by molar-refractivity contribution is 5.98. The molecule has 2 aromatic heterocycles. The highest BCUT2D eigenvalue weighted by atomic mass is 19.4. The number of hydrogen-bond acceptors (Lipinski definition) is 5. The number of hydrogen-bond donors (Lipinski definition) is 2. The lowest BCUT2D eigenvalue weighted by Crippen LogP contribution is -2.26. The van der Waals surface area contributed by atoms with Crippen LogP contribution in [-0.4, -0.2) is 20.9 Å². The minimum absolute atomic E-state index is 0.109. The molecule has 0 aliphatic rings. The fraction of sp³-hybridized carbons (Fsp3) is 0.111. The summed E-state index contributed by atoms with van der Waals surface area (Å²) in [5.74, 6) is -1.33. The second-order valence-corrected chi connectivity index (χ2v) is 5.68. The van der Waals surface area contributed by atoms with Gasteiger partial charge in [-0.25, -0.2) is 14.4 Å². The molecule has 0 radical (unpaired) electrons. The highest BCUT2D eigenvalue weighted by Crippen LogP contribution is 2.30. The summed E-state index contributed by atoms with van der Waals surface area (Å²) in [5.41, 5.74) is 4.73. The molecule has 3 aromatic rings. The number of nitrogens with one attached hydrogen (secondary N) is 1. The van der Waals surface area contributed by atoms with E-state index < -0.39 is 30.0 Å². The third-order valence-electron chi connectivity index (χ3n) is 3.76. The molecule has 0 saturated heterocycles. The number of rotatable bonds is 4.